The average Bonchev–Trinajstić information content (AvgIpc) is 2.32. The molecule has 0 bridgehead atoms. The zero-order valence-electron chi connectivity index (χ0n) is 11.3. The van der Waals surface area contributed by atoms with Crippen molar-refractivity contribution in [2.24, 2.45) is 0 Å². The van der Waals surface area contributed by atoms with E-state index in [1.165, 1.54) is 16.7 Å². The third-order valence-electron chi connectivity index (χ3n) is 3.14. The minimum absolute atomic E-state index is 0.766. The molecule has 0 saturated heterocycles. The predicted molar refractivity (Wildman–Crippen MR) is 87.1 cm³/mol. The van der Waals surface area contributed by atoms with Gasteiger partial charge in [-0.3, -0.25) is 0 Å². The first kappa shape index (κ1) is 14.4. The van der Waals surface area contributed by atoms with Gasteiger partial charge in [0.15, 0.2) is 0 Å². The number of benzene rings is 2. The van der Waals surface area contributed by atoms with Crippen molar-refractivity contribution in [1.29, 1.82) is 0 Å². The van der Waals surface area contributed by atoms with Gasteiger partial charge < -0.3 is 5.32 Å². The van der Waals surface area contributed by atoms with Crippen LogP contribution in [-0.4, -0.2) is 0 Å². The second-order valence-electron chi connectivity index (χ2n) is 4.88. The number of rotatable bonds is 3. The van der Waals surface area contributed by atoms with Gasteiger partial charge in [0, 0.05) is 16.0 Å². The highest BCUT2D eigenvalue weighted by atomic mass is 79.9. The van der Waals surface area contributed by atoms with E-state index >= 15 is 0 Å². The number of aryl methyl sites for hydroxylation is 3. The summed E-state index contributed by atoms with van der Waals surface area (Å²) in [6.07, 6.45) is 0. The van der Waals surface area contributed by atoms with Crippen molar-refractivity contribution < 1.29 is 0 Å². The monoisotopic (exact) mass is 337 g/mol. The highest BCUT2D eigenvalue weighted by Crippen LogP contribution is 2.28. The summed E-state index contributed by atoms with van der Waals surface area (Å²) < 4.78 is 1.10. The van der Waals surface area contributed by atoms with Crippen LogP contribution < -0.4 is 5.32 Å². The van der Waals surface area contributed by atoms with E-state index in [1.807, 2.05) is 13.0 Å². The second-order valence-corrected chi connectivity index (χ2v) is 6.14. The molecule has 19 heavy (non-hydrogen) atoms. The van der Waals surface area contributed by atoms with Gasteiger partial charge in [-0.2, -0.15) is 0 Å². The Morgan fingerprint density at radius 1 is 1.05 bits per heavy atom. The largest absolute Gasteiger partial charge is 0.380 e. The number of anilines is 1. The molecule has 0 fully saturated rings. The topological polar surface area (TPSA) is 12.0 Å². The van der Waals surface area contributed by atoms with Crippen LogP contribution >= 0.6 is 27.5 Å². The minimum atomic E-state index is 0.766. The lowest BCUT2D eigenvalue weighted by Gasteiger charge is -2.13. The van der Waals surface area contributed by atoms with Crippen molar-refractivity contribution in [3.05, 3.63) is 62.1 Å². The first-order valence-electron chi connectivity index (χ1n) is 6.23. The third kappa shape index (κ3) is 3.52. The summed E-state index contributed by atoms with van der Waals surface area (Å²) in [7, 11) is 0. The molecule has 1 nitrogen and oxygen atoms in total. The Labute approximate surface area is 128 Å². The van der Waals surface area contributed by atoms with Gasteiger partial charge in [-0.15, -0.1) is 0 Å². The molecule has 0 unspecified atom stereocenters. The lowest BCUT2D eigenvalue weighted by atomic mass is 10.1. The highest BCUT2D eigenvalue weighted by Gasteiger charge is 2.05. The zero-order chi connectivity index (χ0) is 14.0. The van der Waals surface area contributed by atoms with E-state index in [-0.39, 0.29) is 0 Å². The van der Waals surface area contributed by atoms with Gasteiger partial charge in [0.2, 0.25) is 0 Å². The molecule has 2 aromatic rings. The summed E-state index contributed by atoms with van der Waals surface area (Å²) in [4.78, 5) is 0. The molecule has 0 aliphatic heterocycles. The standard InChI is InChI=1S/C16H17BrClN/c1-10-6-12(3)16(14(17)7-10)19-9-13-5-4-11(2)15(18)8-13/h4-8,19H,9H2,1-3H3. The Morgan fingerprint density at radius 3 is 2.42 bits per heavy atom. The predicted octanol–water partition coefficient (Wildman–Crippen LogP) is 5.64. The van der Waals surface area contributed by atoms with Gasteiger partial charge in [-0.1, -0.05) is 29.8 Å². The number of hydrogen-bond acceptors (Lipinski definition) is 1. The van der Waals surface area contributed by atoms with Crippen LogP contribution in [0.5, 0.6) is 0 Å². The van der Waals surface area contributed by atoms with Gasteiger partial charge >= 0.3 is 0 Å². The van der Waals surface area contributed by atoms with E-state index in [0.29, 0.717) is 0 Å². The van der Waals surface area contributed by atoms with Gasteiger partial charge in [0.1, 0.15) is 0 Å². The molecule has 0 spiro atoms. The van der Waals surface area contributed by atoms with Crippen LogP contribution in [0.2, 0.25) is 5.02 Å². The van der Waals surface area contributed by atoms with Crippen LogP contribution in [0.3, 0.4) is 0 Å². The van der Waals surface area contributed by atoms with Crippen molar-refractivity contribution in [2.45, 2.75) is 27.3 Å². The van der Waals surface area contributed by atoms with Gasteiger partial charge in [-0.05, 0) is 71.1 Å². The Morgan fingerprint density at radius 2 is 1.79 bits per heavy atom. The van der Waals surface area contributed by atoms with E-state index in [0.717, 1.165) is 27.3 Å². The van der Waals surface area contributed by atoms with E-state index in [9.17, 15) is 0 Å². The summed E-state index contributed by atoms with van der Waals surface area (Å²) in [5.74, 6) is 0. The summed E-state index contributed by atoms with van der Waals surface area (Å²) in [6, 6.07) is 10.5. The lowest BCUT2D eigenvalue weighted by molar-refractivity contribution is 1.13. The number of nitrogens with one attached hydrogen (secondary N) is 1. The van der Waals surface area contributed by atoms with Crippen LogP contribution in [0, 0.1) is 20.8 Å². The molecule has 0 aliphatic rings. The molecule has 0 saturated carbocycles. The summed E-state index contributed by atoms with van der Waals surface area (Å²) >= 11 is 9.75. The Bertz CT molecular complexity index is 585. The van der Waals surface area contributed by atoms with Gasteiger partial charge in [-0.25, -0.2) is 0 Å². The van der Waals surface area contributed by atoms with Gasteiger partial charge in [0.25, 0.3) is 0 Å². The van der Waals surface area contributed by atoms with E-state index in [4.69, 9.17) is 11.6 Å². The molecule has 2 aromatic carbocycles. The number of hydrogen-bond donors (Lipinski definition) is 1. The zero-order valence-corrected chi connectivity index (χ0v) is 13.7. The fraction of sp³-hybridized carbons (Fsp3) is 0.250. The molecule has 2 rings (SSSR count). The normalized spacial score (nSPS) is 10.6. The van der Waals surface area contributed by atoms with Crippen LogP contribution in [0.1, 0.15) is 22.3 Å². The third-order valence-corrected chi connectivity index (χ3v) is 4.17. The van der Waals surface area contributed by atoms with Crippen LogP contribution in [0.4, 0.5) is 5.69 Å². The van der Waals surface area contributed by atoms with E-state index < -0.39 is 0 Å². The molecule has 0 amide bonds. The molecular formula is C16H17BrClN. The molecule has 0 radical (unpaired) electrons. The van der Waals surface area contributed by atoms with Crippen LogP contribution in [0.25, 0.3) is 0 Å². The maximum absolute atomic E-state index is 6.14. The molecule has 100 valence electrons. The quantitative estimate of drug-likeness (QED) is 0.763. The molecule has 0 atom stereocenters. The summed E-state index contributed by atoms with van der Waals surface area (Å²) in [5, 5.41) is 4.28. The lowest BCUT2D eigenvalue weighted by Crippen LogP contribution is -2.02. The van der Waals surface area contributed by atoms with Crippen molar-refractivity contribution in [3.8, 4) is 0 Å². The fourth-order valence-corrected chi connectivity index (χ4v) is 3.09. The minimum Gasteiger partial charge on any atom is -0.380 e. The summed E-state index contributed by atoms with van der Waals surface area (Å²) in [6.45, 7) is 6.99. The Hall–Kier alpha value is -0.990. The maximum atomic E-state index is 6.14. The number of halogens is 2. The molecule has 1 N–H and O–H groups in total. The average molecular weight is 339 g/mol. The van der Waals surface area contributed by atoms with Crippen LogP contribution in [0.15, 0.2) is 34.8 Å². The summed E-state index contributed by atoms with van der Waals surface area (Å²) in [5.41, 5.74) is 5.93. The van der Waals surface area contributed by atoms with E-state index in [1.54, 1.807) is 0 Å². The molecule has 0 aromatic heterocycles. The van der Waals surface area contributed by atoms with E-state index in [2.05, 4.69) is 59.4 Å². The van der Waals surface area contributed by atoms with Crippen molar-refractivity contribution in [2.75, 3.05) is 5.32 Å². The molecular weight excluding hydrogens is 322 g/mol. The SMILES string of the molecule is Cc1cc(C)c(NCc2ccc(C)c(Cl)c2)c(Br)c1. The maximum Gasteiger partial charge on any atom is 0.0517 e. The van der Waals surface area contributed by atoms with Gasteiger partial charge in [0.05, 0.1) is 5.69 Å². The van der Waals surface area contributed by atoms with Crippen molar-refractivity contribution >= 4 is 33.2 Å². The van der Waals surface area contributed by atoms with Crippen molar-refractivity contribution in [3.63, 3.8) is 0 Å². The highest BCUT2D eigenvalue weighted by molar-refractivity contribution is 9.10. The molecule has 0 heterocycles. The Balaban J connectivity index is 2.16. The molecule has 3 heteroatoms. The smallest absolute Gasteiger partial charge is 0.0517 e. The van der Waals surface area contributed by atoms with Crippen molar-refractivity contribution in [1.82, 2.24) is 0 Å². The first-order chi connectivity index (χ1) is 8.97. The first-order valence-corrected chi connectivity index (χ1v) is 7.40. The second kappa shape index (κ2) is 5.98. The molecule has 0 aliphatic carbocycles. The fourth-order valence-electron chi connectivity index (χ4n) is 2.08. The van der Waals surface area contributed by atoms with Crippen LogP contribution in [-0.2, 0) is 6.54 Å². The Kier molecular flexibility index (Phi) is 4.54.